The SMILES string of the molecule is C#C.N=C(SC(=N)N1CC2CNC[C@H]2C1)c1cc2ccc(O)cc2cc1O. The Balaban J connectivity index is 0.00000102. The molecule has 0 aromatic heterocycles. The molecule has 140 valence electrons. The summed E-state index contributed by atoms with van der Waals surface area (Å²) in [6.07, 6.45) is 8.00. The van der Waals surface area contributed by atoms with E-state index in [-0.39, 0.29) is 16.5 Å². The summed E-state index contributed by atoms with van der Waals surface area (Å²) in [5, 5.41) is 41.9. The third-order valence-corrected chi connectivity index (χ3v) is 5.93. The number of phenolic OH excluding ortho intramolecular Hbond substituents is 2. The van der Waals surface area contributed by atoms with E-state index in [0.717, 1.165) is 43.3 Å². The number of hydrogen-bond acceptors (Lipinski definition) is 6. The number of nitrogens with one attached hydrogen (secondary N) is 3. The molecule has 0 saturated carbocycles. The highest BCUT2D eigenvalue weighted by Crippen LogP contribution is 2.32. The predicted octanol–water partition coefficient (Wildman–Crippen LogP) is 2.64. The van der Waals surface area contributed by atoms with Crippen LogP contribution in [0.2, 0.25) is 0 Å². The van der Waals surface area contributed by atoms with Gasteiger partial charge in [-0.15, -0.1) is 12.8 Å². The molecule has 0 radical (unpaired) electrons. The molecule has 2 aromatic rings. The summed E-state index contributed by atoms with van der Waals surface area (Å²) in [6, 6.07) is 8.20. The Kier molecular flexibility index (Phi) is 5.59. The zero-order valence-corrected chi connectivity index (χ0v) is 15.6. The highest BCUT2D eigenvalue weighted by atomic mass is 32.2. The summed E-state index contributed by atoms with van der Waals surface area (Å²) in [4.78, 5) is 2.03. The van der Waals surface area contributed by atoms with Crippen molar-refractivity contribution in [3.05, 3.63) is 35.9 Å². The van der Waals surface area contributed by atoms with Gasteiger partial charge in [0.15, 0.2) is 5.17 Å². The number of fused-ring (bicyclic) bond motifs is 2. The van der Waals surface area contributed by atoms with Crippen LogP contribution in [0.15, 0.2) is 30.3 Å². The van der Waals surface area contributed by atoms with Crippen molar-refractivity contribution in [2.75, 3.05) is 26.2 Å². The maximum atomic E-state index is 10.3. The summed E-state index contributed by atoms with van der Waals surface area (Å²) in [5.74, 6) is 1.32. The maximum absolute atomic E-state index is 10.3. The van der Waals surface area contributed by atoms with E-state index in [0.29, 0.717) is 28.0 Å². The number of likely N-dealkylation sites (tertiary alicyclic amines) is 1. The van der Waals surface area contributed by atoms with Gasteiger partial charge in [-0.25, -0.2) is 0 Å². The summed E-state index contributed by atoms with van der Waals surface area (Å²) in [5.41, 5.74) is 0.411. The number of amidine groups is 1. The summed E-state index contributed by atoms with van der Waals surface area (Å²) < 4.78 is 0. The molecule has 0 amide bonds. The van der Waals surface area contributed by atoms with E-state index in [1.165, 1.54) is 0 Å². The van der Waals surface area contributed by atoms with Gasteiger partial charge >= 0.3 is 0 Å². The van der Waals surface area contributed by atoms with Gasteiger partial charge in [0.25, 0.3) is 0 Å². The third kappa shape index (κ3) is 3.87. The van der Waals surface area contributed by atoms with Gasteiger partial charge in [0, 0.05) is 31.7 Å². The van der Waals surface area contributed by atoms with E-state index in [4.69, 9.17) is 10.8 Å². The van der Waals surface area contributed by atoms with Crippen molar-refractivity contribution in [2.24, 2.45) is 11.8 Å². The molecule has 0 aliphatic carbocycles. The number of nitrogens with zero attached hydrogens (tertiary/aromatic N) is 1. The van der Waals surface area contributed by atoms with E-state index < -0.39 is 0 Å². The Bertz CT molecular complexity index is 899. The topological polar surface area (TPSA) is 103 Å². The fourth-order valence-corrected chi connectivity index (χ4v) is 4.44. The lowest BCUT2D eigenvalue weighted by atomic mass is 10.0. The standard InChI is InChI=1S/C18H20N4O2S.C2H2/c19-17(25-18(20)22-8-12-6-21-7-13(12)9-22)15-4-10-1-2-14(23)3-11(10)5-16(15)24;1-2/h1-5,12-13,19-21,23-24H,6-9H2;1-2H/t12-,13?;/m0./s1. The van der Waals surface area contributed by atoms with Crippen LogP contribution in [0.25, 0.3) is 10.8 Å². The molecule has 2 saturated heterocycles. The molecule has 1 unspecified atom stereocenters. The number of thioether (sulfide) groups is 1. The molecule has 6 nitrogen and oxygen atoms in total. The normalized spacial score (nSPS) is 20.7. The third-order valence-electron chi connectivity index (χ3n) is 5.06. The smallest absolute Gasteiger partial charge is 0.162 e. The van der Waals surface area contributed by atoms with Crippen LogP contribution in [0.4, 0.5) is 0 Å². The Labute approximate surface area is 162 Å². The first-order valence-corrected chi connectivity index (χ1v) is 9.43. The Morgan fingerprint density at radius 3 is 2.37 bits per heavy atom. The highest BCUT2D eigenvalue weighted by Gasteiger charge is 2.37. The Hall–Kier alpha value is -2.69. The van der Waals surface area contributed by atoms with E-state index >= 15 is 0 Å². The molecule has 27 heavy (non-hydrogen) atoms. The van der Waals surface area contributed by atoms with Crippen molar-refractivity contribution >= 4 is 32.7 Å². The summed E-state index contributed by atoms with van der Waals surface area (Å²) >= 11 is 1.08. The van der Waals surface area contributed by atoms with Crippen LogP contribution >= 0.6 is 11.8 Å². The molecule has 4 rings (SSSR count). The van der Waals surface area contributed by atoms with Gasteiger partial charge in [0.1, 0.15) is 16.5 Å². The molecule has 5 N–H and O–H groups in total. The average molecular weight is 382 g/mol. The minimum atomic E-state index is -0.00843. The van der Waals surface area contributed by atoms with Gasteiger partial charge in [-0.3, -0.25) is 10.8 Å². The van der Waals surface area contributed by atoms with Crippen molar-refractivity contribution < 1.29 is 10.2 Å². The van der Waals surface area contributed by atoms with Gasteiger partial charge < -0.3 is 20.4 Å². The summed E-state index contributed by atoms with van der Waals surface area (Å²) in [7, 11) is 0. The molecule has 0 spiro atoms. The van der Waals surface area contributed by atoms with Crippen molar-refractivity contribution in [1.29, 1.82) is 10.8 Å². The predicted molar refractivity (Wildman–Crippen MR) is 111 cm³/mol. The lowest BCUT2D eigenvalue weighted by Crippen LogP contribution is -2.30. The molecule has 2 atom stereocenters. The Morgan fingerprint density at radius 2 is 1.70 bits per heavy atom. The number of phenols is 2. The molecular formula is C20H22N4O2S. The number of benzene rings is 2. The van der Waals surface area contributed by atoms with Gasteiger partial charge in [0.05, 0.1) is 0 Å². The first kappa shape index (κ1) is 19.1. The minimum absolute atomic E-state index is 0.00843. The quantitative estimate of drug-likeness (QED) is 0.296. The average Bonchev–Trinajstić information content (AvgIpc) is 3.24. The lowest BCUT2D eigenvalue weighted by molar-refractivity contribution is 0.473. The van der Waals surface area contributed by atoms with Crippen LogP contribution in [0, 0.1) is 35.5 Å². The maximum Gasteiger partial charge on any atom is 0.162 e. The van der Waals surface area contributed by atoms with E-state index in [2.05, 4.69) is 18.2 Å². The monoisotopic (exact) mass is 382 g/mol. The fourth-order valence-electron chi connectivity index (χ4n) is 3.69. The van der Waals surface area contributed by atoms with Crippen LogP contribution in [0.3, 0.4) is 0 Å². The first-order valence-electron chi connectivity index (χ1n) is 8.61. The van der Waals surface area contributed by atoms with Crippen molar-refractivity contribution in [1.82, 2.24) is 10.2 Å². The second kappa shape index (κ2) is 7.91. The van der Waals surface area contributed by atoms with Gasteiger partial charge in [0.2, 0.25) is 0 Å². The van der Waals surface area contributed by atoms with Gasteiger partial charge in [-0.1, -0.05) is 6.07 Å². The summed E-state index contributed by atoms with van der Waals surface area (Å²) in [6.45, 7) is 3.74. The van der Waals surface area contributed by atoms with Crippen LogP contribution in [0.5, 0.6) is 11.5 Å². The van der Waals surface area contributed by atoms with Crippen molar-refractivity contribution in [3.8, 4) is 24.3 Å². The highest BCUT2D eigenvalue weighted by molar-refractivity contribution is 8.26. The molecule has 2 fully saturated rings. The second-order valence-corrected chi connectivity index (χ2v) is 7.72. The minimum Gasteiger partial charge on any atom is -0.508 e. The van der Waals surface area contributed by atoms with E-state index in [1.807, 2.05) is 4.90 Å². The van der Waals surface area contributed by atoms with Crippen LogP contribution in [-0.4, -0.2) is 51.5 Å². The molecule has 2 aromatic carbocycles. The zero-order valence-electron chi connectivity index (χ0n) is 14.8. The lowest BCUT2D eigenvalue weighted by Gasteiger charge is -2.20. The molecule has 2 aliphatic rings. The zero-order chi connectivity index (χ0) is 19.6. The molecular weight excluding hydrogens is 360 g/mol. The van der Waals surface area contributed by atoms with Crippen LogP contribution in [0.1, 0.15) is 5.56 Å². The van der Waals surface area contributed by atoms with Gasteiger partial charge in [-0.05, 0) is 58.6 Å². The van der Waals surface area contributed by atoms with Gasteiger partial charge in [-0.2, -0.15) is 0 Å². The largest absolute Gasteiger partial charge is 0.508 e. The number of aromatic hydroxyl groups is 2. The van der Waals surface area contributed by atoms with Crippen molar-refractivity contribution in [3.63, 3.8) is 0 Å². The Morgan fingerprint density at radius 1 is 1.04 bits per heavy atom. The molecule has 7 heteroatoms. The van der Waals surface area contributed by atoms with Crippen LogP contribution in [-0.2, 0) is 0 Å². The van der Waals surface area contributed by atoms with Crippen LogP contribution < -0.4 is 5.32 Å². The molecule has 0 bridgehead atoms. The number of rotatable bonds is 1. The van der Waals surface area contributed by atoms with E-state index in [1.54, 1.807) is 30.3 Å². The first-order chi connectivity index (χ1) is 13.0. The van der Waals surface area contributed by atoms with Crippen molar-refractivity contribution in [2.45, 2.75) is 0 Å². The molecule has 2 aliphatic heterocycles. The van der Waals surface area contributed by atoms with E-state index in [9.17, 15) is 10.2 Å². The number of hydrogen-bond donors (Lipinski definition) is 5. The second-order valence-electron chi connectivity index (χ2n) is 6.72. The fraction of sp³-hybridized carbons (Fsp3) is 0.300. The number of terminal acetylenes is 1. The molecule has 2 heterocycles.